The highest BCUT2D eigenvalue weighted by atomic mass is 16.8. The molecule has 1 saturated heterocycles. The summed E-state index contributed by atoms with van der Waals surface area (Å²) in [6.07, 6.45) is -1.00. The summed E-state index contributed by atoms with van der Waals surface area (Å²) >= 11 is 0. The summed E-state index contributed by atoms with van der Waals surface area (Å²) in [5.74, 6) is 0.155. The molecule has 1 fully saturated rings. The van der Waals surface area contributed by atoms with Gasteiger partial charge >= 0.3 is 6.16 Å². The van der Waals surface area contributed by atoms with E-state index < -0.39 is 11.6 Å². The second-order valence-corrected chi connectivity index (χ2v) is 6.16. The Morgan fingerprint density at radius 1 is 1.47 bits per heavy atom. The summed E-state index contributed by atoms with van der Waals surface area (Å²) in [5.41, 5.74) is -0.846. The molecule has 98 valence electrons. The number of hydrogen-bond acceptors (Lipinski definition) is 4. The number of carboxylic acid groups (broad SMARTS) is 1. The number of nitrogens with zero attached hydrogens (tertiary/aromatic N) is 1. The fraction of sp³-hybridized carbons (Fsp3) is 0.833. The van der Waals surface area contributed by atoms with Gasteiger partial charge in [-0.2, -0.15) is 0 Å². The number of carbonyl (C=O) groups excluding carboxylic acids is 1. The third-order valence-electron chi connectivity index (χ3n) is 3.27. The molecule has 0 aromatic heterocycles. The average Bonchev–Trinajstić information content (AvgIpc) is 2.07. The molecule has 1 aliphatic rings. The van der Waals surface area contributed by atoms with E-state index in [4.69, 9.17) is 9.94 Å². The highest BCUT2D eigenvalue weighted by Crippen LogP contribution is 2.42. The number of rotatable bonds is 1. The van der Waals surface area contributed by atoms with Crippen LogP contribution in [0.25, 0.3) is 0 Å². The Balaban J connectivity index is 3.07. The predicted octanol–water partition coefficient (Wildman–Crippen LogP) is 2.31. The first-order chi connectivity index (χ1) is 7.56. The molecule has 0 radical (unpaired) electrons. The topological polar surface area (TPSA) is 66.8 Å². The van der Waals surface area contributed by atoms with Crippen molar-refractivity contribution in [3.05, 3.63) is 0 Å². The third kappa shape index (κ3) is 2.77. The summed E-state index contributed by atoms with van der Waals surface area (Å²) < 4.78 is 0. The number of carbonyl (C=O) groups is 2. The quantitative estimate of drug-likeness (QED) is 0.765. The normalized spacial score (nSPS) is 25.7. The lowest BCUT2D eigenvalue weighted by Gasteiger charge is -2.49. The van der Waals surface area contributed by atoms with Crippen LogP contribution in [0.3, 0.4) is 0 Å². The standard InChI is InChI=1S/C12H21NO4/c1-11(2,3)9-12(4,5)8(14)6-7-13(9)17-10(15)16/h9H,6-7H2,1-5H3,(H,15,16). The minimum atomic E-state index is -1.33. The summed E-state index contributed by atoms with van der Waals surface area (Å²) in [7, 11) is 0. The predicted molar refractivity (Wildman–Crippen MR) is 62.5 cm³/mol. The fourth-order valence-corrected chi connectivity index (χ4v) is 2.89. The zero-order valence-corrected chi connectivity index (χ0v) is 11.1. The van der Waals surface area contributed by atoms with E-state index in [0.717, 1.165) is 0 Å². The molecule has 0 aliphatic carbocycles. The molecule has 1 rings (SSSR count). The van der Waals surface area contributed by atoms with Gasteiger partial charge in [-0.05, 0) is 5.41 Å². The molecule has 17 heavy (non-hydrogen) atoms. The molecule has 0 bridgehead atoms. The lowest BCUT2D eigenvalue weighted by molar-refractivity contribution is -0.212. The Hall–Kier alpha value is -1.10. The van der Waals surface area contributed by atoms with E-state index in [0.29, 0.717) is 13.0 Å². The van der Waals surface area contributed by atoms with Gasteiger partial charge in [0.2, 0.25) is 0 Å². The summed E-state index contributed by atoms with van der Waals surface area (Å²) in [5, 5.41) is 10.2. The molecule has 1 heterocycles. The molecule has 5 nitrogen and oxygen atoms in total. The highest BCUT2D eigenvalue weighted by molar-refractivity contribution is 5.86. The Labute approximate surface area is 102 Å². The van der Waals surface area contributed by atoms with Crippen LogP contribution in [0.1, 0.15) is 41.0 Å². The van der Waals surface area contributed by atoms with Gasteiger partial charge in [-0.15, -0.1) is 5.06 Å². The van der Waals surface area contributed by atoms with Crippen molar-refractivity contribution in [3.8, 4) is 0 Å². The van der Waals surface area contributed by atoms with Crippen LogP contribution in [-0.2, 0) is 9.63 Å². The van der Waals surface area contributed by atoms with Gasteiger partial charge in [0.25, 0.3) is 0 Å². The summed E-state index contributed by atoms with van der Waals surface area (Å²) in [6, 6.07) is -0.257. The van der Waals surface area contributed by atoms with Crippen LogP contribution in [0.15, 0.2) is 0 Å². The van der Waals surface area contributed by atoms with Gasteiger partial charge < -0.3 is 9.94 Å². The molecule has 0 aromatic carbocycles. The van der Waals surface area contributed by atoms with Crippen molar-refractivity contribution >= 4 is 11.9 Å². The van der Waals surface area contributed by atoms with Gasteiger partial charge in [0, 0.05) is 18.4 Å². The highest BCUT2D eigenvalue weighted by Gasteiger charge is 2.50. The van der Waals surface area contributed by atoms with Gasteiger partial charge in [-0.25, -0.2) is 4.79 Å². The van der Waals surface area contributed by atoms with Crippen molar-refractivity contribution in [1.29, 1.82) is 0 Å². The minimum absolute atomic E-state index is 0.155. The van der Waals surface area contributed by atoms with Crippen molar-refractivity contribution in [3.63, 3.8) is 0 Å². The smallest absolute Gasteiger partial charge is 0.448 e. The molecule has 1 aliphatic heterocycles. The number of hydrogen-bond donors (Lipinski definition) is 1. The zero-order chi connectivity index (χ0) is 13.4. The van der Waals surface area contributed by atoms with Crippen LogP contribution in [-0.4, -0.2) is 34.7 Å². The third-order valence-corrected chi connectivity index (χ3v) is 3.27. The number of ketones is 1. The maximum absolute atomic E-state index is 12.0. The van der Waals surface area contributed by atoms with Gasteiger partial charge in [0.05, 0.1) is 6.04 Å². The van der Waals surface area contributed by atoms with E-state index >= 15 is 0 Å². The molecule has 0 spiro atoms. The maximum Gasteiger partial charge on any atom is 0.525 e. The Morgan fingerprint density at radius 2 is 2.00 bits per heavy atom. The van der Waals surface area contributed by atoms with Crippen LogP contribution in [0.5, 0.6) is 0 Å². The second kappa shape index (κ2) is 4.29. The zero-order valence-electron chi connectivity index (χ0n) is 11.1. The monoisotopic (exact) mass is 243 g/mol. The Morgan fingerprint density at radius 3 is 2.41 bits per heavy atom. The lowest BCUT2D eigenvalue weighted by atomic mass is 9.66. The van der Waals surface area contributed by atoms with Crippen LogP contribution < -0.4 is 0 Å². The summed E-state index contributed by atoms with van der Waals surface area (Å²) in [6.45, 7) is 9.98. The first kappa shape index (κ1) is 14.0. The molecular formula is C12H21NO4. The largest absolute Gasteiger partial charge is 0.525 e. The van der Waals surface area contributed by atoms with Crippen LogP contribution in [0, 0.1) is 10.8 Å². The van der Waals surface area contributed by atoms with E-state index in [1.807, 2.05) is 34.6 Å². The molecule has 5 heteroatoms. The van der Waals surface area contributed by atoms with Crippen molar-refractivity contribution < 1.29 is 19.5 Å². The molecular weight excluding hydrogens is 222 g/mol. The summed E-state index contributed by atoms with van der Waals surface area (Å²) in [4.78, 5) is 27.5. The van der Waals surface area contributed by atoms with Crippen LogP contribution >= 0.6 is 0 Å². The van der Waals surface area contributed by atoms with Crippen LogP contribution in [0.4, 0.5) is 4.79 Å². The minimum Gasteiger partial charge on any atom is -0.448 e. The number of Topliss-reactive ketones (excluding diaryl/α,β-unsaturated/α-hetero) is 1. The second-order valence-electron chi connectivity index (χ2n) is 6.16. The molecule has 1 unspecified atom stereocenters. The average molecular weight is 243 g/mol. The number of hydroxylamine groups is 2. The van der Waals surface area contributed by atoms with Crippen molar-refractivity contribution in [2.24, 2.45) is 10.8 Å². The van der Waals surface area contributed by atoms with Gasteiger partial charge in [0.1, 0.15) is 5.78 Å². The molecule has 0 aromatic rings. The molecule has 1 N–H and O–H groups in total. The van der Waals surface area contributed by atoms with Crippen molar-refractivity contribution in [2.45, 2.75) is 47.1 Å². The molecule has 1 atom stereocenters. The van der Waals surface area contributed by atoms with E-state index in [1.165, 1.54) is 5.06 Å². The SMILES string of the molecule is CC(C)(C)C1N(OC(=O)O)CCC(=O)C1(C)C. The maximum atomic E-state index is 12.0. The van der Waals surface area contributed by atoms with Gasteiger partial charge in [0.15, 0.2) is 0 Å². The molecule has 0 saturated carbocycles. The van der Waals surface area contributed by atoms with Crippen molar-refractivity contribution in [1.82, 2.24) is 5.06 Å². The van der Waals surface area contributed by atoms with E-state index in [1.54, 1.807) is 0 Å². The van der Waals surface area contributed by atoms with Crippen molar-refractivity contribution in [2.75, 3.05) is 6.54 Å². The first-order valence-corrected chi connectivity index (χ1v) is 5.77. The first-order valence-electron chi connectivity index (χ1n) is 5.77. The van der Waals surface area contributed by atoms with E-state index in [9.17, 15) is 9.59 Å². The van der Waals surface area contributed by atoms with E-state index in [2.05, 4.69) is 0 Å². The van der Waals surface area contributed by atoms with Gasteiger partial charge in [-0.3, -0.25) is 4.79 Å². The van der Waals surface area contributed by atoms with Gasteiger partial charge in [-0.1, -0.05) is 34.6 Å². The Bertz CT molecular complexity index is 330. The fourth-order valence-electron chi connectivity index (χ4n) is 2.89. The van der Waals surface area contributed by atoms with Crippen LogP contribution in [0.2, 0.25) is 0 Å². The molecule has 0 amide bonds. The Kier molecular flexibility index (Phi) is 3.52. The number of piperidine rings is 1. The lowest BCUT2D eigenvalue weighted by Crippen LogP contribution is -2.60. The van der Waals surface area contributed by atoms with E-state index in [-0.39, 0.29) is 17.2 Å².